The van der Waals surface area contributed by atoms with Crippen molar-refractivity contribution in [2.24, 2.45) is 0 Å². The van der Waals surface area contributed by atoms with E-state index in [2.05, 4.69) is 15.5 Å². The molecule has 198 valence electrons. The average molecular weight is 511 g/mol. The van der Waals surface area contributed by atoms with Gasteiger partial charge in [0.05, 0.1) is 12.1 Å². The van der Waals surface area contributed by atoms with E-state index in [9.17, 15) is 19.2 Å². The van der Waals surface area contributed by atoms with Crippen LogP contribution in [0.2, 0.25) is 0 Å². The largest absolute Gasteiger partial charge is 0.478 e. The Bertz CT molecular complexity index is 1130. The van der Waals surface area contributed by atoms with Crippen LogP contribution in [-0.4, -0.2) is 71.7 Å². The van der Waals surface area contributed by atoms with Gasteiger partial charge in [0.1, 0.15) is 11.6 Å². The lowest BCUT2D eigenvalue weighted by atomic mass is 10.0. The molecule has 1 heterocycles. The first-order chi connectivity index (χ1) is 17.4. The van der Waals surface area contributed by atoms with Crippen LogP contribution < -0.4 is 15.5 Å². The third-order valence-electron chi connectivity index (χ3n) is 5.84. The van der Waals surface area contributed by atoms with Crippen molar-refractivity contribution >= 4 is 35.3 Å². The molecule has 0 saturated carbocycles. The van der Waals surface area contributed by atoms with Crippen molar-refractivity contribution in [2.45, 2.75) is 45.8 Å². The summed E-state index contributed by atoms with van der Waals surface area (Å²) in [6.07, 6.45) is -0.555. The number of carboxylic acid groups (broad SMARTS) is 1. The second-order valence-corrected chi connectivity index (χ2v) is 9.86. The summed E-state index contributed by atoms with van der Waals surface area (Å²) in [6.45, 7) is 9.84. The SMILES string of the molecule is CCN1CCN(c2ccc(CC(NC(=O)OC(C)(C)C)C(=O)Nc3ccc(C(=O)O)cc3)cc2)C(=O)C1. The van der Waals surface area contributed by atoms with E-state index in [4.69, 9.17) is 9.84 Å². The molecule has 1 unspecified atom stereocenters. The number of carbonyl (C=O) groups excluding carboxylic acids is 3. The number of likely N-dealkylation sites (N-methyl/N-ethyl adjacent to an activating group) is 1. The third-order valence-corrected chi connectivity index (χ3v) is 5.84. The highest BCUT2D eigenvalue weighted by molar-refractivity contribution is 5.97. The summed E-state index contributed by atoms with van der Waals surface area (Å²) in [7, 11) is 0. The summed E-state index contributed by atoms with van der Waals surface area (Å²) < 4.78 is 5.33. The first-order valence-electron chi connectivity index (χ1n) is 12.2. The topological polar surface area (TPSA) is 128 Å². The minimum absolute atomic E-state index is 0.0404. The molecule has 2 aromatic rings. The van der Waals surface area contributed by atoms with Gasteiger partial charge in [-0.3, -0.25) is 14.5 Å². The van der Waals surface area contributed by atoms with Crippen molar-refractivity contribution in [1.29, 1.82) is 0 Å². The van der Waals surface area contributed by atoms with Crippen molar-refractivity contribution < 1.29 is 29.0 Å². The van der Waals surface area contributed by atoms with Gasteiger partial charge in [-0.05, 0) is 69.3 Å². The number of anilines is 2. The van der Waals surface area contributed by atoms with Gasteiger partial charge in [0, 0.05) is 30.9 Å². The van der Waals surface area contributed by atoms with E-state index in [0.717, 1.165) is 24.3 Å². The number of carbonyl (C=O) groups is 4. The summed E-state index contributed by atoms with van der Waals surface area (Å²) >= 11 is 0. The van der Waals surface area contributed by atoms with Gasteiger partial charge in [0.25, 0.3) is 0 Å². The van der Waals surface area contributed by atoms with Gasteiger partial charge in [-0.25, -0.2) is 9.59 Å². The Labute approximate surface area is 216 Å². The van der Waals surface area contributed by atoms with Gasteiger partial charge >= 0.3 is 12.1 Å². The van der Waals surface area contributed by atoms with E-state index >= 15 is 0 Å². The monoisotopic (exact) mass is 510 g/mol. The number of ether oxygens (including phenoxy) is 1. The molecule has 1 atom stereocenters. The number of amides is 3. The Morgan fingerprint density at radius 1 is 1.03 bits per heavy atom. The number of hydrogen-bond acceptors (Lipinski definition) is 6. The molecule has 1 aliphatic heterocycles. The Morgan fingerprint density at radius 2 is 1.68 bits per heavy atom. The van der Waals surface area contributed by atoms with Crippen LogP contribution in [0.5, 0.6) is 0 Å². The number of carboxylic acids is 1. The first-order valence-corrected chi connectivity index (χ1v) is 12.2. The van der Waals surface area contributed by atoms with E-state index in [-0.39, 0.29) is 17.9 Å². The molecule has 10 nitrogen and oxygen atoms in total. The zero-order valence-electron chi connectivity index (χ0n) is 21.6. The van der Waals surface area contributed by atoms with Crippen LogP contribution >= 0.6 is 0 Å². The molecular formula is C27H34N4O6. The van der Waals surface area contributed by atoms with E-state index < -0.39 is 29.6 Å². The smallest absolute Gasteiger partial charge is 0.408 e. The Hall–Kier alpha value is -3.92. The quantitative estimate of drug-likeness (QED) is 0.498. The number of rotatable bonds is 8. The second-order valence-electron chi connectivity index (χ2n) is 9.86. The molecule has 1 saturated heterocycles. The molecule has 1 fully saturated rings. The van der Waals surface area contributed by atoms with Gasteiger partial charge in [-0.15, -0.1) is 0 Å². The maximum atomic E-state index is 13.1. The van der Waals surface area contributed by atoms with Crippen molar-refractivity contribution in [1.82, 2.24) is 10.2 Å². The molecule has 0 spiro atoms. The third kappa shape index (κ3) is 8.04. The van der Waals surface area contributed by atoms with E-state index in [0.29, 0.717) is 18.8 Å². The molecule has 2 aromatic carbocycles. The zero-order valence-corrected chi connectivity index (χ0v) is 21.6. The standard InChI is InChI=1S/C27H34N4O6/c1-5-30-14-15-31(23(32)17-30)21-12-6-18(7-13-21)16-22(29-26(36)37-27(2,3)4)24(33)28-20-10-8-19(9-11-20)25(34)35/h6-13,22H,5,14-17H2,1-4H3,(H,28,33)(H,29,36)(H,34,35). The van der Waals surface area contributed by atoms with Gasteiger partial charge in [-0.1, -0.05) is 19.1 Å². The highest BCUT2D eigenvalue weighted by Gasteiger charge is 2.26. The van der Waals surface area contributed by atoms with Crippen LogP contribution in [0.3, 0.4) is 0 Å². The molecule has 1 aliphatic rings. The second kappa shape index (κ2) is 11.9. The highest BCUT2D eigenvalue weighted by Crippen LogP contribution is 2.20. The molecule has 10 heteroatoms. The number of alkyl carbamates (subject to hydrolysis) is 1. The van der Waals surface area contributed by atoms with Crippen molar-refractivity contribution in [3.05, 3.63) is 59.7 Å². The summed E-state index contributed by atoms with van der Waals surface area (Å²) in [4.78, 5) is 53.0. The van der Waals surface area contributed by atoms with Gasteiger partial charge in [0.15, 0.2) is 0 Å². The number of nitrogens with one attached hydrogen (secondary N) is 2. The van der Waals surface area contributed by atoms with Gasteiger partial charge < -0.3 is 25.4 Å². The lowest BCUT2D eigenvalue weighted by Crippen LogP contribution is -2.50. The number of benzene rings is 2. The van der Waals surface area contributed by atoms with Crippen molar-refractivity contribution in [2.75, 3.05) is 36.4 Å². The van der Waals surface area contributed by atoms with Gasteiger partial charge in [0.2, 0.25) is 11.8 Å². The van der Waals surface area contributed by atoms with Crippen LogP contribution in [0, 0.1) is 0 Å². The predicted octanol–water partition coefficient (Wildman–Crippen LogP) is 3.13. The minimum Gasteiger partial charge on any atom is -0.478 e. The summed E-state index contributed by atoms with van der Waals surface area (Å²) in [5, 5.41) is 14.4. The molecule has 0 bridgehead atoms. The number of piperazine rings is 1. The minimum atomic E-state index is -1.07. The van der Waals surface area contributed by atoms with Crippen molar-refractivity contribution in [3.63, 3.8) is 0 Å². The Morgan fingerprint density at radius 3 is 2.22 bits per heavy atom. The average Bonchev–Trinajstić information content (AvgIpc) is 2.83. The Balaban J connectivity index is 1.73. The molecule has 0 aliphatic carbocycles. The van der Waals surface area contributed by atoms with Crippen LogP contribution in [0.1, 0.15) is 43.6 Å². The zero-order chi connectivity index (χ0) is 27.2. The molecular weight excluding hydrogens is 476 g/mol. The van der Waals surface area contributed by atoms with Crippen LogP contribution in [0.25, 0.3) is 0 Å². The lowest BCUT2D eigenvalue weighted by Gasteiger charge is -2.33. The maximum Gasteiger partial charge on any atom is 0.408 e. The van der Waals surface area contributed by atoms with E-state index in [1.807, 2.05) is 31.2 Å². The number of aromatic carboxylic acids is 1. The van der Waals surface area contributed by atoms with Crippen LogP contribution in [-0.2, 0) is 20.7 Å². The van der Waals surface area contributed by atoms with Crippen molar-refractivity contribution in [3.8, 4) is 0 Å². The first kappa shape index (κ1) is 27.7. The molecule has 0 radical (unpaired) electrons. The molecule has 3 amide bonds. The highest BCUT2D eigenvalue weighted by atomic mass is 16.6. The summed E-state index contributed by atoms with van der Waals surface area (Å²) in [5.74, 6) is -1.51. The molecule has 37 heavy (non-hydrogen) atoms. The fourth-order valence-corrected chi connectivity index (χ4v) is 3.90. The van der Waals surface area contributed by atoms with E-state index in [1.165, 1.54) is 24.3 Å². The Kier molecular flexibility index (Phi) is 8.88. The summed E-state index contributed by atoms with van der Waals surface area (Å²) in [5.41, 5.74) is 1.31. The predicted molar refractivity (Wildman–Crippen MR) is 140 cm³/mol. The number of hydrogen-bond donors (Lipinski definition) is 3. The molecule has 3 rings (SSSR count). The summed E-state index contributed by atoms with van der Waals surface area (Å²) in [6, 6.07) is 12.1. The van der Waals surface area contributed by atoms with Crippen LogP contribution in [0.15, 0.2) is 48.5 Å². The fraction of sp³-hybridized carbons (Fsp3) is 0.407. The molecule has 0 aromatic heterocycles. The number of nitrogens with zero attached hydrogens (tertiary/aromatic N) is 2. The molecule has 3 N–H and O–H groups in total. The van der Waals surface area contributed by atoms with E-state index in [1.54, 1.807) is 25.7 Å². The fourth-order valence-electron chi connectivity index (χ4n) is 3.90. The normalized spacial score (nSPS) is 15.1. The van der Waals surface area contributed by atoms with Gasteiger partial charge in [-0.2, -0.15) is 0 Å². The lowest BCUT2D eigenvalue weighted by molar-refractivity contribution is -0.121. The van der Waals surface area contributed by atoms with Crippen LogP contribution in [0.4, 0.5) is 16.2 Å². The maximum absolute atomic E-state index is 13.1.